The summed E-state index contributed by atoms with van der Waals surface area (Å²) >= 11 is 0. The van der Waals surface area contributed by atoms with Gasteiger partial charge >= 0.3 is 0 Å². The maximum Gasteiger partial charge on any atom is 0.159 e. The van der Waals surface area contributed by atoms with E-state index in [2.05, 4.69) is 49.2 Å². The molecule has 0 unspecified atom stereocenters. The lowest BCUT2D eigenvalue weighted by Gasteiger charge is -2.05. The topological polar surface area (TPSA) is 96.0 Å². The maximum atomic E-state index is 4.88. The number of aryl methyl sites for hydroxylation is 1. The van der Waals surface area contributed by atoms with Crippen molar-refractivity contribution in [3.63, 3.8) is 0 Å². The summed E-state index contributed by atoms with van der Waals surface area (Å²) in [5, 5.41) is 8.67. The van der Waals surface area contributed by atoms with Crippen LogP contribution in [0.15, 0.2) is 73.6 Å². The molecule has 7 heteroatoms. The predicted octanol–water partition coefficient (Wildman–Crippen LogP) is 4.93. The highest BCUT2D eigenvalue weighted by Crippen LogP contribution is 2.33. The number of H-pyrrole nitrogens is 2. The van der Waals surface area contributed by atoms with Crippen LogP contribution in [0.25, 0.3) is 55.7 Å². The minimum atomic E-state index is 0.694. The van der Waals surface area contributed by atoms with Gasteiger partial charge in [0.15, 0.2) is 5.82 Å². The van der Waals surface area contributed by atoms with Gasteiger partial charge in [-0.1, -0.05) is 12.1 Å². The smallest absolute Gasteiger partial charge is 0.159 e. The van der Waals surface area contributed by atoms with Gasteiger partial charge in [0, 0.05) is 53.1 Å². The molecule has 6 rings (SSSR count). The first-order chi connectivity index (χ1) is 15.3. The van der Waals surface area contributed by atoms with Gasteiger partial charge in [-0.05, 0) is 42.3 Å². The summed E-state index contributed by atoms with van der Waals surface area (Å²) < 4.78 is 0. The Morgan fingerprint density at radius 2 is 1.68 bits per heavy atom. The summed E-state index contributed by atoms with van der Waals surface area (Å²) in [6.07, 6.45) is 10.9. The zero-order chi connectivity index (χ0) is 20.8. The average molecular weight is 403 g/mol. The molecule has 148 valence electrons. The predicted molar refractivity (Wildman–Crippen MR) is 120 cm³/mol. The number of hydrogen-bond donors (Lipinski definition) is 2. The quantitative estimate of drug-likeness (QED) is 0.437. The summed E-state index contributed by atoms with van der Waals surface area (Å²) in [6.45, 7) is 2.09. The van der Waals surface area contributed by atoms with E-state index in [1.54, 1.807) is 12.4 Å². The number of pyridine rings is 3. The normalized spacial score (nSPS) is 11.4. The zero-order valence-corrected chi connectivity index (χ0v) is 16.7. The summed E-state index contributed by atoms with van der Waals surface area (Å²) in [5.41, 5.74) is 8.69. The molecule has 1 aromatic carbocycles. The van der Waals surface area contributed by atoms with Gasteiger partial charge in [0.1, 0.15) is 11.2 Å². The summed E-state index contributed by atoms with van der Waals surface area (Å²) in [7, 11) is 0. The highest BCUT2D eigenvalue weighted by molar-refractivity contribution is 5.98. The van der Waals surface area contributed by atoms with Crippen LogP contribution in [0.2, 0.25) is 0 Å². The van der Waals surface area contributed by atoms with Crippen molar-refractivity contribution in [2.45, 2.75) is 6.92 Å². The molecule has 0 amide bonds. The number of benzene rings is 1. The fraction of sp³-hybridized carbons (Fsp3) is 0.0417. The molecule has 5 aromatic heterocycles. The molecule has 0 aliphatic heterocycles. The van der Waals surface area contributed by atoms with Crippen molar-refractivity contribution >= 4 is 21.9 Å². The van der Waals surface area contributed by atoms with Crippen molar-refractivity contribution in [1.29, 1.82) is 0 Å². The van der Waals surface area contributed by atoms with Crippen LogP contribution in [0.3, 0.4) is 0 Å². The molecular weight excluding hydrogens is 386 g/mol. The number of hydrogen-bond acceptors (Lipinski definition) is 5. The highest BCUT2D eigenvalue weighted by atomic mass is 15.1. The summed E-state index contributed by atoms with van der Waals surface area (Å²) in [5.74, 6) is 0.694. The van der Waals surface area contributed by atoms with E-state index in [1.807, 2.05) is 49.1 Å². The van der Waals surface area contributed by atoms with Gasteiger partial charge in [-0.3, -0.25) is 20.1 Å². The summed E-state index contributed by atoms with van der Waals surface area (Å²) in [4.78, 5) is 21.1. The van der Waals surface area contributed by atoms with E-state index in [-0.39, 0.29) is 0 Å². The lowest BCUT2D eigenvalue weighted by Crippen LogP contribution is -1.86. The molecule has 6 aromatic rings. The van der Waals surface area contributed by atoms with Gasteiger partial charge < -0.3 is 4.98 Å². The first kappa shape index (κ1) is 17.5. The second-order valence-corrected chi connectivity index (χ2v) is 7.43. The number of nitrogens with zero attached hydrogens (tertiary/aromatic N) is 5. The molecule has 0 aliphatic rings. The SMILES string of the molecule is Cc1ccncc1-c1ccc2[nH]nc(-c3nc4c(-c5cccnc5)cncc4[nH]3)c2c1. The Labute approximate surface area is 177 Å². The number of aromatic amines is 2. The second-order valence-electron chi connectivity index (χ2n) is 7.43. The van der Waals surface area contributed by atoms with E-state index < -0.39 is 0 Å². The van der Waals surface area contributed by atoms with E-state index in [4.69, 9.17) is 4.98 Å². The minimum Gasteiger partial charge on any atom is -0.335 e. The third-order valence-electron chi connectivity index (χ3n) is 5.50. The third-order valence-corrected chi connectivity index (χ3v) is 5.50. The molecule has 2 N–H and O–H groups in total. The van der Waals surface area contributed by atoms with Crippen LogP contribution in [-0.2, 0) is 0 Å². The molecular formula is C24H17N7. The first-order valence-electron chi connectivity index (χ1n) is 9.91. The number of fused-ring (bicyclic) bond motifs is 2. The minimum absolute atomic E-state index is 0.694. The Bertz CT molecular complexity index is 1550. The maximum absolute atomic E-state index is 4.88. The number of imidazole rings is 1. The van der Waals surface area contributed by atoms with Crippen molar-refractivity contribution in [1.82, 2.24) is 35.1 Å². The van der Waals surface area contributed by atoms with Crippen LogP contribution in [0.5, 0.6) is 0 Å². The van der Waals surface area contributed by atoms with Gasteiger partial charge in [0.05, 0.1) is 17.2 Å². The first-order valence-corrected chi connectivity index (χ1v) is 9.91. The van der Waals surface area contributed by atoms with Gasteiger partial charge in [0.25, 0.3) is 0 Å². The van der Waals surface area contributed by atoms with Crippen molar-refractivity contribution in [2.75, 3.05) is 0 Å². The van der Waals surface area contributed by atoms with Crippen molar-refractivity contribution in [3.8, 4) is 33.8 Å². The van der Waals surface area contributed by atoms with Crippen LogP contribution < -0.4 is 0 Å². The van der Waals surface area contributed by atoms with E-state index in [9.17, 15) is 0 Å². The Balaban J connectivity index is 1.52. The molecule has 0 bridgehead atoms. The molecule has 0 radical (unpaired) electrons. The van der Waals surface area contributed by atoms with Gasteiger partial charge in [-0.2, -0.15) is 5.10 Å². The molecule has 0 aliphatic carbocycles. The molecule has 7 nitrogen and oxygen atoms in total. The van der Waals surface area contributed by atoms with Gasteiger partial charge in [-0.25, -0.2) is 4.98 Å². The lowest BCUT2D eigenvalue weighted by atomic mass is 10.0. The van der Waals surface area contributed by atoms with Crippen LogP contribution in [0, 0.1) is 6.92 Å². The Kier molecular flexibility index (Phi) is 3.86. The molecule has 0 saturated heterocycles. The third kappa shape index (κ3) is 2.86. The van der Waals surface area contributed by atoms with E-state index in [0.29, 0.717) is 5.82 Å². The van der Waals surface area contributed by atoms with Crippen molar-refractivity contribution in [3.05, 3.63) is 79.1 Å². The Hall–Kier alpha value is -4.39. The molecule has 0 atom stereocenters. The van der Waals surface area contributed by atoms with E-state index in [1.165, 1.54) is 5.56 Å². The number of aromatic nitrogens is 7. The molecule has 0 spiro atoms. The molecule has 0 fully saturated rings. The standard InChI is InChI=1S/C24H17N7/c1-14-6-8-26-11-18(14)15-4-5-20-17(9-15)23(31-30-20)24-28-21-13-27-12-19(22(21)29-24)16-3-2-7-25-10-16/h2-13H,1H3,(H,28,29)(H,30,31). The Morgan fingerprint density at radius 3 is 2.55 bits per heavy atom. The highest BCUT2D eigenvalue weighted by Gasteiger charge is 2.16. The average Bonchev–Trinajstić information content (AvgIpc) is 3.43. The Morgan fingerprint density at radius 1 is 0.774 bits per heavy atom. The van der Waals surface area contributed by atoms with Crippen molar-refractivity contribution in [2.24, 2.45) is 0 Å². The van der Waals surface area contributed by atoms with Crippen LogP contribution in [-0.4, -0.2) is 35.1 Å². The lowest BCUT2D eigenvalue weighted by molar-refractivity contribution is 1.11. The largest absolute Gasteiger partial charge is 0.335 e. The van der Waals surface area contributed by atoms with E-state index >= 15 is 0 Å². The van der Waals surface area contributed by atoms with Crippen molar-refractivity contribution < 1.29 is 0 Å². The summed E-state index contributed by atoms with van der Waals surface area (Å²) in [6, 6.07) is 12.2. The monoisotopic (exact) mass is 403 g/mol. The zero-order valence-electron chi connectivity index (χ0n) is 16.7. The fourth-order valence-electron chi connectivity index (χ4n) is 3.91. The molecule has 31 heavy (non-hydrogen) atoms. The molecule has 5 heterocycles. The van der Waals surface area contributed by atoms with Crippen LogP contribution in [0.4, 0.5) is 0 Å². The second kappa shape index (κ2) is 6.84. The van der Waals surface area contributed by atoms with Crippen LogP contribution in [0.1, 0.15) is 5.56 Å². The van der Waals surface area contributed by atoms with Crippen LogP contribution >= 0.6 is 0 Å². The van der Waals surface area contributed by atoms with Gasteiger partial charge in [0.2, 0.25) is 0 Å². The number of rotatable bonds is 3. The number of nitrogens with one attached hydrogen (secondary N) is 2. The fourth-order valence-corrected chi connectivity index (χ4v) is 3.91. The molecule has 0 saturated carbocycles. The van der Waals surface area contributed by atoms with Gasteiger partial charge in [-0.15, -0.1) is 0 Å². The van der Waals surface area contributed by atoms with E-state index in [0.717, 1.165) is 49.9 Å².